The minimum absolute atomic E-state index is 0.139. The Morgan fingerprint density at radius 1 is 1.50 bits per heavy atom. The second kappa shape index (κ2) is 5.88. The molecule has 2 rings (SSSR count). The van der Waals surface area contributed by atoms with Gasteiger partial charge in [-0.25, -0.2) is 4.98 Å². The molecule has 0 amide bonds. The van der Waals surface area contributed by atoms with Crippen LogP contribution in [-0.4, -0.2) is 21.5 Å². The molecule has 0 fully saturated rings. The summed E-state index contributed by atoms with van der Waals surface area (Å²) in [6.45, 7) is 0. The van der Waals surface area contributed by atoms with Crippen LogP contribution >= 0.6 is 46.3 Å². The second-order valence-electron chi connectivity index (χ2n) is 3.19. The van der Waals surface area contributed by atoms with Crippen molar-refractivity contribution in [2.75, 3.05) is 5.75 Å². The van der Waals surface area contributed by atoms with Crippen molar-refractivity contribution in [2.45, 2.75) is 5.16 Å². The quantitative estimate of drug-likeness (QED) is 0.534. The zero-order valence-electron chi connectivity index (χ0n) is 8.78. The second-order valence-corrected chi connectivity index (χ2v) is 6.44. The Morgan fingerprint density at radius 2 is 2.28 bits per heavy atom. The average Bonchev–Trinajstić information content (AvgIpc) is 2.66. The van der Waals surface area contributed by atoms with Gasteiger partial charge in [-0.3, -0.25) is 9.59 Å². The zero-order chi connectivity index (χ0) is 13.1. The Hall–Kier alpha value is -0.820. The summed E-state index contributed by atoms with van der Waals surface area (Å²) in [4.78, 5) is 29.3. The van der Waals surface area contributed by atoms with Crippen LogP contribution in [0.1, 0.15) is 10.4 Å². The fraction of sp³-hybridized carbons (Fsp3) is 0.100. The maximum absolute atomic E-state index is 11.9. The van der Waals surface area contributed by atoms with E-state index in [-0.39, 0.29) is 17.1 Å². The fourth-order valence-corrected chi connectivity index (χ4v) is 3.40. The topological polar surface area (TPSA) is 62.8 Å². The maximum Gasteiger partial charge on any atom is 0.251 e. The summed E-state index contributed by atoms with van der Waals surface area (Å²) in [5.41, 5.74) is 0.147. The average molecular weight is 321 g/mol. The zero-order valence-corrected chi connectivity index (χ0v) is 11.9. The standard InChI is InChI=1S/C10H6Cl2N2O2S2/c11-7-3-5(9(12)18-7)6(15)4-17-10-13-2-1-8(16)14-10/h1-3H,4H2,(H,13,14,16). The van der Waals surface area contributed by atoms with Gasteiger partial charge in [0.1, 0.15) is 4.34 Å². The highest BCUT2D eigenvalue weighted by atomic mass is 35.5. The summed E-state index contributed by atoms with van der Waals surface area (Å²) < 4.78 is 0.847. The van der Waals surface area contributed by atoms with Gasteiger partial charge >= 0.3 is 0 Å². The third-order valence-electron chi connectivity index (χ3n) is 1.94. The number of carbonyl (C=O) groups is 1. The van der Waals surface area contributed by atoms with Gasteiger partial charge in [0, 0.05) is 17.8 Å². The van der Waals surface area contributed by atoms with Crippen LogP contribution in [0.25, 0.3) is 0 Å². The number of aromatic nitrogens is 2. The largest absolute Gasteiger partial charge is 0.301 e. The lowest BCUT2D eigenvalue weighted by molar-refractivity contribution is 0.102. The van der Waals surface area contributed by atoms with E-state index in [2.05, 4.69) is 9.97 Å². The molecule has 2 aromatic rings. The molecule has 0 atom stereocenters. The molecule has 0 spiro atoms. The third kappa shape index (κ3) is 3.35. The van der Waals surface area contributed by atoms with Crippen LogP contribution < -0.4 is 5.56 Å². The minimum atomic E-state index is -0.253. The lowest BCUT2D eigenvalue weighted by Gasteiger charge is -1.99. The highest BCUT2D eigenvalue weighted by Crippen LogP contribution is 2.32. The molecule has 1 N–H and O–H groups in total. The molecule has 0 saturated carbocycles. The van der Waals surface area contributed by atoms with Gasteiger partial charge in [0.25, 0.3) is 5.56 Å². The van der Waals surface area contributed by atoms with Crippen molar-refractivity contribution < 1.29 is 4.79 Å². The molecular weight excluding hydrogens is 315 g/mol. The van der Waals surface area contributed by atoms with Crippen molar-refractivity contribution in [2.24, 2.45) is 0 Å². The first-order valence-corrected chi connectivity index (χ1v) is 7.28. The van der Waals surface area contributed by atoms with Gasteiger partial charge < -0.3 is 4.98 Å². The number of halogens is 2. The molecule has 94 valence electrons. The minimum Gasteiger partial charge on any atom is -0.301 e. The van der Waals surface area contributed by atoms with Crippen molar-refractivity contribution in [3.05, 3.63) is 42.9 Å². The highest BCUT2D eigenvalue weighted by Gasteiger charge is 2.14. The predicted octanol–water partition coefficient (Wildman–Crippen LogP) is 3.11. The molecule has 0 saturated heterocycles. The maximum atomic E-state index is 11.9. The SMILES string of the molecule is O=C(CSc1nccc(=O)[nH]1)c1cc(Cl)sc1Cl. The Labute approximate surface area is 120 Å². The molecule has 0 aliphatic carbocycles. The first kappa shape index (κ1) is 13.6. The van der Waals surface area contributed by atoms with E-state index in [1.807, 2.05) is 0 Å². The monoisotopic (exact) mass is 320 g/mol. The molecule has 0 aliphatic rings. The molecule has 0 aliphatic heterocycles. The molecule has 2 heterocycles. The molecule has 0 radical (unpaired) electrons. The van der Waals surface area contributed by atoms with E-state index in [1.54, 1.807) is 6.07 Å². The van der Waals surface area contributed by atoms with E-state index in [1.165, 1.54) is 12.3 Å². The number of thioether (sulfide) groups is 1. The van der Waals surface area contributed by atoms with Gasteiger partial charge in [0.15, 0.2) is 10.9 Å². The molecule has 0 aromatic carbocycles. The Morgan fingerprint density at radius 3 is 2.89 bits per heavy atom. The summed E-state index contributed by atoms with van der Waals surface area (Å²) in [5, 5.41) is 0.397. The summed E-state index contributed by atoms with van der Waals surface area (Å²) in [5.74, 6) is -0.0145. The predicted molar refractivity (Wildman–Crippen MR) is 74.3 cm³/mol. The number of nitrogens with one attached hydrogen (secondary N) is 1. The summed E-state index contributed by atoms with van der Waals surface area (Å²) in [7, 11) is 0. The lowest BCUT2D eigenvalue weighted by atomic mass is 10.2. The summed E-state index contributed by atoms with van der Waals surface area (Å²) in [6.07, 6.45) is 1.39. The van der Waals surface area contributed by atoms with Crippen molar-refractivity contribution in [3.63, 3.8) is 0 Å². The number of rotatable bonds is 4. The molecule has 4 nitrogen and oxygen atoms in total. The van der Waals surface area contributed by atoms with Crippen LogP contribution in [0.4, 0.5) is 0 Å². The number of nitrogens with zero attached hydrogens (tertiary/aromatic N) is 1. The fourth-order valence-electron chi connectivity index (χ4n) is 1.17. The van der Waals surface area contributed by atoms with E-state index < -0.39 is 0 Å². The summed E-state index contributed by atoms with van der Waals surface area (Å²) >= 11 is 13.9. The van der Waals surface area contributed by atoms with Crippen molar-refractivity contribution in [1.82, 2.24) is 9.97 Å². The van der Waals surface area contributed by atoms with E-state index in [9.17, 15) is 9.59 Å². The van der Waals surface area contributed by atoms with E-state index in [0.717, 1.165) is 23.1 Å². The summed E-state index contributed by atoms with van der Waals surface area (Å²) in [6, 6.07) is 2.85. The molecule has 2 aromatic heterocycles. The third-order valence-corrected chi connectivity index (χ3v) is 4.32. The van der Waals surface area contributed by atoms with Crippen LogP contribution in [0.3, 0.4) is 0 Å². The van der Waals surface area contributed by atoms with Crippen LogP contribution in [0.5, 0.6) is 0 Å². The van der Waals surface area contributed by atoms with E-state index in [0.29, 0.717) is 19.4 Å². The molecule has 0 unspecified atom stereocenters. The molecule has 0 bridgehead atoms. The first-order chi connectivity index (χ1) is 8.56. The molecule has 18 heavy (non-hydrogen) atoms. The lowest BCUT2D eigenvalue weighted by Crippen LogP contribution is -2.07. The van der Waals surface area contributed by atoms with Crippen molar-refractivity contribution in [3.8, 4) is 0 Å². The van der Waals surface area contributed by atoms with Gasteiger partial charge in [0.05, 0.1) is 10.1 Å². The number of ketones is 1. The number of Topliss-reactive ketones (excluding diaryl/α,β-unsaturated/α-hetero) is 1. The number of H-pyrrole nitrogens is 1. The van der Waals surface area contributed by atoms with Crippen LogP contribution in [-0.2, 0) is 0 Å². The van der Waals surface area contributed by atoms with Gasteiger partial charge in [-0.1, -0.05) is 35.0 Å². The normalized spacial score (nSPS) is 10.6. The van der Waals surface area contributed by atoms with Gasteiger partial charge in [0.2, 0.25) is 0 Å². The van der Waals surface area contributed by atoms with E-state index in [4.69, 9.17) is 23.2 Å². The van der Waals surface area contributed by atoms with E-state index >= 15 is 0 Å². The van der Waals surface area contributed by atoms with Gasteiger partial charge in [-0.15, -0.1) is 11.3 Å². The Kier molecular flexibility index (Phi) is 4.45. The number of thiophene rings is 1. The molecule has 8 heteroatoms. The van der Waals surface area contributed by atoms with Crippen LogP contribution in [0.2, 0.25) is 8.67 Å². The number of hydrogen-bond acceptors (Lipinski definition) is 5. The van der Waals surface area contributed by atoms with Crippen LogP contribution in [0.15, 0.2) is 28.3 Å². The number of hydrogen-bond donors (Lipinski definition) is 1. The molecular formula is C10H6Cl2N2O2S2. The Bertz CT molecular complexity index is 639. The highest BCUT2D eigenvalue weighted by molar-refractivity contribution is 7.99. The van der Waals surface area contributed by atoms with Crippen molar-refractivity contribution in [1.29, 1.82) is 0 Å². The van der Waals surface area contributed by atoms with Crippen LogP contribution in [0, 0.1) is 0 Å². The first-order valence-electron chi connectivity index (χ1n) is 4.72. The number of carbonyl (C=O) groups excluding carboxylic acids is 1. The number of aromatic amines is 1. The van der Waals surface area contributed by atoms with Gasteiger partial charge in [-0.2, -0.15) is 0 Å². The Balaban J connectivity index is 2.05. The van der Waals surface area contributed by atoms with Crippen molar-refractivity contribution >= 4 is 52.1 Å². The van der Waals surface area contributed by atoms with Gasteiger partial charge in [-0.05, 0) is 6.07 Å². The smallest absolute Gasteiger partial charge is 0.251 e.